The second-order valence-electron chi connectivity index (χ2n) is 1.55. The topological polar surface area (TPSA) is 12.0 Å². The van der Waals surface area contributed by atoms with Crippen LogP contribution in [-0.4, -0.2) is 13.6 Å². The molecule has 0 amide bonds. The van der Waals surface area contributed by atoms with Crippen molar-refractivity contribution in [1.82, 2.24) is 5.32 Å². The zero-order valence-corrected chi connectivity index (χ0v) is 5.35. The lowest BCUT2D eigenvalue weighted by Crippen LogP contribution is -2.03. The van der Waals surface area contributed by atoms with E-state index >= 15 is 0 Å². The molecular weight excluding hydrogens is 98.1 g/mol. The van der Waals surface area contributed by atoms with Gasteiger partial charge >= 0.3 is 0 Å². The van der Waals surface area contributed by atoms with Gasteiger partial charge in [0.25, 0.3) is 0 Å². The summed E-state index contributed by atoms with van der Waals surface area (Å²) in [6, 6.07) is 0. The van der Waals surface area contributed by atoms with E-state index in [0.29, 0.717) is 0 Å². The highest BCUT2D eigenvalue weighted by atomic mass is 14.8. The van der Waals surface area contributed by atoms with Gasteiger partial charge in [-0.1, -0.05) is 18.2 Å². The van der Waals surface area contributed by atoms with Crippen molar-refractivity contribution in [2.24, 2.45) is 0 Å². The Morgan fingerprint density at radius 1 is 1.50 bits per heavy atom. The minimum absolute atomic E-state index is 0.952. The number of nitrogens with one attached hydrogen (secondary N) is 1. The SMILES string of the molecule is C=CCC=CCNC. The molecule has 1 N–H and O–H groups in total. The first-order chi connectivity index (χ1) is 3.91. The summed E-state index contributed by atoms with van der Waals surface area (Å²) in [5.74, 6) is 0. The highest BCUT2D eigenvalue weighted by Crippen LogP contribution is 1.79. The summed E-state index contributed by atoms with van der Waals surface area (Å²) >= 11 is 0. The predicted octanol–water partition coefficient (Wildman–Crippen LogP) is 1.34. The molecule has 0 saturated heterocycles. The first-order valence-corrected chi connectivity index (χ1v) is 2.82. The normalized spacial score (nSPS) is 10.1. The highest BCUT2D eigenvalue weighted by Gasteiger charge is 1.67. The quantitative estimate of drug-likeness (QED) is 0.540. The van der Waals surface area contributed by atoms with Gasteiger partial charge in [0.05, 0.1) is 0 Å². The molecule has 0 radical (unpaired) electrons. The second-order valence-corrected chi connectivity index (χ2v) is 1.55. The summed E-state index contributed by atoms with van der Waals surface area (Å²) in [5.41, 5.74) is 0. The lowest BCUT2D eigenvalue weighted by Gasteiger charge is -1.84. The van der Waals surface area contributed by atoms with E-state index in [9.17, 15) is 0 Å². The molecule has 8 heavy (non-hydrogen) atoms. The third-order valence-corrected chi connectivity index (χ3v) is 0.791. The largest absolute Gasteiger partial charge is 0.316 e. The van der Waals surface area contributed by atoms with Gasteiger partial charge in [0.15, 0.2) is 0 Å². The van der Waals surface area contributed by atoms with E-state index in [2.05, 4.69) is 24.0 Å². The Morgan fingerprint density at radius 2 is 2.25 bits per heavy atom. The molecule has 0 atom stereocenters. The third kappa shape index (κ3) is 5.44. The first-order valence-electron chi connectivity index (χ1n) is 2.82. The van der Waals surface area contributed by atoms with E-state index in [1.807, 2.05) is 13.1 Å². The van der Waals surface area contributed by atoms with E-state index in [0.717, 1.165) is 13.0 Å². The van der Waals surface area contributed by atoms with Crippen LogP contribution in [0.3, 0.4) is 0 Å². The van der Waals surface area contributed by atoms with Crippen LogP contribution in [0.4, 0.5) is 0 Å². The molecule has 0 aromatic heterocycles. The van der Waals surface area contributed by atoms with Crippen LogP contribution in [0.2, 0.25) is 0 Å². The summed E-state index contributed by atoms with van der Waals surface area (Å²) < 4.78 is 0. The van der Waals surface area contributed by atoms with Crippen LogP contribution < -0.4 is 5.32 Å². The fraction of sp³-hybridized carbons (Fsp3) is 0.429. The van der Waals surface area contributed by atoms with Crippen LogP contribution in [0.5, 0.6) is 0 Å². The molecule has 1 nitrogen and oxygen atoms in total. The van der Waals surface area contributed by atoms with Gasteiger partial charge in [0, 0.05) is 6.54 Å². The lowest BCUT2D eigenvalue weighted by molar-refractivity contribution is 0.917. The van der Waals surface area contributed by atoms with Crippen molar-refractivity contribution in [2.45, 2.75) is 6.42 Å². The van der Waals surface area contributed by atoms with Crippen molar-refractivity contribution in [1.29, 1.82) is 0 Å². The summed E-state index contributed by atoms with van der Waals surface area (Å²) in [5, 5.41) is 3.01. The lowest BCUT2D eigenvalue weighted by atomic mass is 10.4. The van der Waals surface area contributed by atoms with Crippen molar-refractivity contribution in [3.8, 4) is 0 Å². The molecular formula is C7H13N. The van der Waals surface area contributed by atoms with Gasteiger partial charge in [-0.25, -0.2) is 0 Å². The minimum Gasteiger partial charge on any atom is -0.316 e. The minimum atomic E-state index is 0.952. The fourth-order valence-corrected chi connectivity index (χ4v) is 0.394. The summed E-state index contributed by atoms with van der Waals surface area (Å²) in [6.07, 6.45) is 7.03. The molecule has 0 heterocycles. The van der Waals surface area contributed by atoms with Crippen LogP contribution in [-0.2, 0) is 0 Å². The zero-order chi connectivity index (χ0) is 6.24. The average Bonchev–Trinajstić information content (AvgIpc) is 1.81. The molecule has 0 aliphatic heterocycles. The van der Waals surface area contributed by atoms with Gasteiger partial charge < -0.3 is 5.32 Å². The number of rotatable bonds is 4. The maximum Gasteiger partial charge on any atom is 0.0131 e. The van der Waals surface area contributed by atoms with Gasteiger partial charge in [0.1, 0.15) is 0 Å². The molecule has 0 spiro atoms. The Balaban J connectivity index is 2.94. The molecule has 0 unspecified atom stereocenters. The van der Waals surface area contributed by atoms with Gasteiger partial charge in [-0.15, -0.1) is 6.58 Å². The number of likely N-dealkylation sites (N-methyl/N-ethyl adjacent to an activating group) is 1. The van der Waals surface area contributed by atoms with Gasteiger partial charge in [-0.05, 0) is 13.5 Å². The Morgan fingerprint density at radius 3 is 2.75 bits per heavy atom. The van der Waals surface area contributed by atoms with E-state index in [-0.39, 0.29) is 0 Å². The molecule has 0 aromatic carbocycles. The summed E-state index contributed by atoms with van der Waals surface area (Å²) in [7, 11) is 1.93. The first kappa shape index (κ1) is 7.44. The molecule has 0 aliphatic rings. The molecule has 0 saturated carbocycles. The third-order valence-electron chi connectivity index (χ3n) is 0.791. The summed E-state index contributed by atoms with van der Waals surface area (Å²) in [4.78, 5) is 0. The van der Waals surface area contributed by atoms with E-state index < -0.39 is 0 Å². The smallest absolute Gasteiger partial charge is 0.0131 e. The second kappa shape index (κ2) is 6.44. The maximum absolute atomic E-state index is 3.59. The van der Waals surface area contributed by atoms with Crippen LogP contribution in [0.1, 0.15) is 6.42 Å². The molecule has 0 fully saturated rings. The molecule has 0 aliphatic carbocycles. The van der Waals surface area contributed by atoms with Crippen LogP contribution in [0.15, 0.2) is 24.8 Å². The molecule has 1 heteroatoms. The van der Waals surface area contributed by atoms with Crippen molar-refractivity contribution >= 4 is 0 Å². The number of allylic oxidation sites excluding steroid dienone is 2. The van der Waals surface area contributed by atoms with Crippen molar-refractivity contribution < 1.29 is 0 Å². The van der Waals surface area contributed by atoms with Crippen LogP contribution in [0.25, 0.3) is 0 Å². The fourth-order valence-electron chi connectivity index (χ4n) is 0.394. The van der Waals surface area contributed by atoms with Gasteiger partial charge in [0.2, 0.25) is 0 Å². The van der Waals surface area contributed by atoms with E-state index in [4.69, 9.17) is 0 Å². The van der Waals surface area contributed by atoms with Crippen molar-refractivity contribution in [3.05, 3.63) is 24.8 Å². The van der Waals surface area contributed by atoms with Crippen molar-refractivity contribution in [2.75, 3.05) is 13.6 Å². The zero-order valence-electron chi connectivity index (χ0n) is 5.35. The number of hydrogen-bond acceptors (Lipinski definition) is 1. The maximum atomic E-state index is 3.59. The average molecular weight is 111 g/mol. The highest BCUT2D eigenvalue weighted by molar-refractivity contribution is 4.89. The number of hydrogen-bond donors (Lipinski definition) is 1. The Labute approximate surface area is 51.1 Å². The van der Waals surface area contributed by atoms with Crippen LogP contribution in [0, 0.1) is 0 Å². The Bertz CT molecular complexity index is 74.5. The Hall–Kier alpha value is -0.560. The standard InChI is InChI=1S/C7H13N/c1-3-4-5-6-7-8-2/h3,5-6,8H,1,4,7H2,2H3. The van der Waals surface area contributed by atoms with E-state index in [1.165, 1.54) is 0 Å². The van der Waals surface area contributed by atoms with E-state index in [1.54, 1.807) is 0 Å². The van der Waals surface area contributed by atoms with Crippen molar-refractivity contribution in [3.63, 3.8) is 0 Å². The van der Waals surface area contributed by atoms with Gasteiger partial charge in [-0.3, -0.25) is 0 Å². The van der Waals surface area contributed by atoms with Gasteiger partial charge in [-0.2, -0.15) is 0 Å². The molecule has 46 valence electrons. The molecule has 0 bridgehead atoms. The Kier molecular flexibility index (Phi) is 5.99. The summed E-state index contributed by atoms with van der Waals surface area (Å²) in [6.45, 7) is 4.54. The molecule has 0 rings (SSSR count). The van der Waals surface area contributed by atoms with Crippen LogP contribution >= 0.6 is 0 Å². The monoisotopic (exact) mass is 111 g/mol. The predicted molar refractivity (Wildman–Crippen MR) is 37.9 cm³/mol. The molecule has 0 aromatic rings.